The van der Waals surface area contributed by atoms with Crippen LogP contribution in [0.5, 0.6) is 0 Å². The Balaban J connectivity index is 2.01. The number of aromatic amines is 1. The average Bonchev–Trinajstić information content (AvgIpc) is 3.07. The molecular weight excluding hydrogens is 342 g/mol. The van der Waals surface area contributed by atoms with E-state index in [1.807, 2.05) is 67.7 Å². The van der Waals surface area contributed by atoms with Gasteiger partial charge in [0.15, 0.2) is 5.16 Å². The molecule has 0 aliphatic carbocycles. The van der Waals surface area contributed by atoms with E-state index in [1.54, 1.807) is 16.3 Å². The number of H-pyrrole nitrogens is 1. The number of thioether (sulfide) groups is 1. The lowest BCUT2D eigenvalue weighted by Crippen LogP contribution is -2.22. The first-order valence-electron chi connectivity index (χ1n) is 8.58. The van der Waals surface area contributed by atoms with Crippen molar-refractivity contribution >= 4 is 22.8 Å². The molecular formula is C21H19N3OS. The van der Waals surface area contributed by atoms with Crippen molar-refractivity contribution in [3.05, 3.63) is 76.7 Å². The highest BCUT2D eigenvalue weighted by atomic mass is 32.2. The fourth-order valence-corrected chi connectivity index (χ4v) is 3.83. The van der Waals surface area contributed by atoms with E-state index < -0.39 is 0 Å². The normalized spacial score (nSPS) is 11.2. The van der Waals surface area contributed by atoms with E-state index in [1.165, 1.54) is 0 Å². The first-order chi connectivity index (χ1) is 12.7. The number of nitrogens with zero attached hydrogens (tertiary/aromatic N) is 2. The molecule has 4 aromatic rings. The van der Waals surface area contributed by atoms with Crippen molar-refractivity contribution in [2.75, 3.05) is 5.75 Å². The molecule has 0 fully saturated rings. The predicted octanol–water partition coefficient (Wildman–Crippen LogP) is 4.80. The summed E-state index contributed by atoms with van der Waals surface area (Å²) < 4.78 is 1.70. The van der Waals surface area contributed by atoms with Crippen LogP contribution in [0.4, 0.5) is 0 Å². The van der Waals surface area contributed by atoms with Gasteiger partial charge in [-0.1, -0.05) is 61.2 Å². The van der Waals surface area contributed by atoms with Gasteiger partial charge in [0.2, 0.25) is 0 Å². The molecule has 0 aliphatic rings. The summed E-state index contributed by atoms with van der Waals surface area (Å²) >= 11 is 1.58. The van der Waals surface area contributed by atoms with Crippen LogP contribution in [0.25, 0.3) is 27.8 Å². The van der Waals surface area contributed by atoms with Gasteiger partial charge in [0.25, 0.3) is 5.56 Å². The van der Waals surface area contributed by atoms with Gasteiger partial charge in [-0.25, -0.2) is 4.98 Å². The molecule has 2 aromatic heterocycles. The molecule has 130 valence electrons. The molecule has 0 unspecified atom stereocenters. The van der Waals surface area contributed by atoms with Gasteiger partial charge in [0.05, 0.1) is 5.69 Å². The predicted molar refractivity (Wildman–Crippen MR) is 108 cm³/mol. The Morgan fingerprint density at radius 3 is 2.65 bits per heavy atom. The fourth-order valence-electron chi connectivity index (χ4n) is 3.10. The Morgan fingerprint density at radius 2 is 1.92 bits per heavy atom. The number of nitrogens with one attached hydrogen (secondary N) is 1. The molecule has 4 nitrogen and oxygen atoms in total. The zero-order valence-electron chi connectivity index (χ0n) is 14.7. The van der Waals surface area contributed by atoms with E-state index in [0.717, 1.165) is 33.6 Å². The first kappa shape index (κ1) is 16.7. The number of hydrogen-bond donors (Lipinski definition) is 1. The summed E-state index contributed by atoms with van der Waals surface area (Å²) in [6, 6.07) is 18.0. The average molecular weight is 361 g/mol. The maximum atomic E-state index is 13.3. The third kappa shape index (κ3) is 2.84. The van der Waals surface area contributed by atoms with Gasteiger partial charge in [0, 0.05) is 11.8 Å². The highest BCUT2D eigenvalue weighted by Gasteiger charge is 2.17. The summed E-state index contributed by atoms with van der Waals surface area (Å²) in [6.45, 7) is 4.09. The minimum absolute atomic E-state index is 0.0706. The highest BCUT2D eigenvalue weighted by molar-refractivity contribution is 7.99. The topological polar surface area (TPSA) is 50.7 Å². The third-order valence-electron chi connectivity index (χ3n) is 4.29. The van der Waals surface area contributed by atoms with Crippen molar-refractivity contribution in [3.8, 4) is 16.8 Å². The quantitative estimate of drug-likeness (QED) is 0.419. The van der Waals surface area contributed by atoms with Gasteiger partial charge in [-0.2, -0.15) is 0 Å². The SMILES string of the molecule is CCSc1nc2c(-c3ccccc3)c[nH]c2c(=O)n1-c1cccc(C)c1. The maximum absolute atomic E-state index is 13.3. The van der Waals surface area contributed by atoms with Crippen molar-refractivity contribution in [1.29, 1.82) is 0 Å². The molecule has 0 aliphatic heterocycles. The lowest BCUT2D eigenvalue weighted by atomic mass is 10.1. The van der Waals surface area contributed by atoms with Crippen molar-refractivity contribution in [3.63, 3.8) is 0 Å². The van der Waals surface area contributed by atoms with Gasteiger partial charge < -0.3 is 4.98 Å². The van der Waals surface area contributed by atoms with Crippen molar-refractivity contribution in [2.45, 2.75) is 19.0 Å². The lowest BCUT2D eigenvalue weighted by Gasteiger charge is -2.12. The number of aromatic nitrogens is 3. The van der Waals surface area contributed by atoms with E-state index in [9.17, 15) is 4.79 Å². The zero-order valence-corrected chi connectivity index (χ0v) is 15.5. The molecule has 0 saturated carbocycles. The van der Waals surface area contributed by atoms with Crippen LogP contribution in [0.1, 0.15) is 12.5 Å². The fraction of sp³-hybridized carbons (Fsp3) is 0.143. The zero-order chi connectivity index (χ0) is 18.1. The second kappa shape index (κ2) is 6.84. The number of benzene rings is 2. The van der Waals surface area contributed by atoms with Gasteiger partial charge in [-0.15, -0.1) is 0 Å². The Bertz CT molecular complexity index is 1130. The summed E-state index contributed by atoms with van der Waals surface area (Å²) in [6.07, 6.45) is 1.87. The molecule has 0 radical (unpaired) electrons. The minimum atomic E-state index is -0.0706. The molecule has 26 heavy (non-hydrogen) atoms. The summed E-state index contributed by atoms with van der Waals surface area (Å²) in [5.74, 6) is 0.842. The molecule has 5 heteroatoms. The van der Waals surface area contributed by atoms with E-state index in [2.05, 4.69) is 11.9 Å². The summed E-state index contributed by atoms with van der Waals surface area (Å²) in [5.41, 5.74) is 5.14. The molecule has 0 bridgehead atoms. The summed E-state index contributed by atoms with van der Waals surface area (Å²) in [4.78, 5) is 21.3. The molecule has 2 aromatic carbocycles. The maximum Gasteiger partial charge on any atom is 0.283 e. The van der Waals surface area contributed by atoms with Gasteiger partial charge in [-0.3, -0.25) is 9.36 Å². The van der Waals surface area contributed by atoms with Crippen molar-refractivity contribution < 1.29 is 0 Å². The molecule has 0 amide bonds. The standard InChI is InChI=1S/C21H19N3OS/c1-3-26-21-23-18-17(15-9-5-4-6-10-15)13-22-19(18)20(25)24(21)16-11-7-8-14(2)12-16/h4-13,22H,3H2,1-2H3. The minimum Gasteiger partial charge on any atom is -0.355 e. The van der Waals surface area contributed by atoms with E-state index >= 15 is 0 Å². The van der Waals surface area contributed by atoms with E-state index in [0.29, 0.717) is 10.7 Å². The smallest absolute Gasteiger partial charge is 0.283 e. The highest BCUT2D eigenvalue weighted by Crippen LogP contribution is 2.28. The van der Waals surface area contributed by atoms with Crippen LogP contribution in [0.15, 0.2) is 70.7 Å². The number of hydrogen-bond acceptors (Lipinski definition) is 3. The number of aryl methyl sites for hydroxylation is 1. The third-order valence-corrected chi connectivity index (χ3v) is 5.11. The molecule has 0 spiro atoms. The van der Waals surface area contributed by atoms with Crippen LogP contribution in [0, 0.1) is 6.92 Å². The summed E-state index contributed by atoms with van der Waals surface area (Å²) in [7, 11) is 0. The first-order valence-corrected chi connectivity index (χ1v) is 9.57. The van der Waals surface area contributed by atoms with E-state index in [4.69, 9.17) is 4.98 Å². The molecule has 0 atom stereocenters. The van der Waals surface area contributed by atoms with E-state index in [-0.39, 0.29) is 5.56 Å². The molecule has 1 N–H and O–H groups in total. The van der Waals surface area contributed by atoms with Crippen LogP contribution < -0.4 is 5.56 Å². The van der Waals surface area contributed by atoms with Crippen LogP contribution in [-0.4, -0.2) is 20.3 Å². The van der Waals surface area contributed by atoms with Crippen molar-refractivity contribution in [1.82, 2.24) is 14.5 Å². The number of rotatable bonds is 4. The van der Waals surface area contributed by atoms with Crippen LogP contribution in [-0.2, 0) is 0 Å². The van der Waals surface area contributed by atoms with Gasteiger partial charge in [0.1, 0.15) is 11.0 Å². The van der Waals surface area contributed by atoms with Crippen LogP contribution in [0.2, 0.25) is 0 Å². The Hall–Kier alpha value is -2.79. The van der Waals surface area contributed by atoms with Crippen LogP contribution in [0.3, 0.4) is 0 Å². The second-order valence-corrected chi connectivity index (χ2v) is 7.33. The molecule has 4 rings (SSSR count). The lowest BCUT2D eigenvalue weighted by molar-refractivity contribution is 0.818. The van der Waals surface area contributed by atoms with Gasteiger partial charge in [-0.05, 0) is 35.9 Å². The second-order valence-electron chi connectivity index (χ2n) is 6.10. The summed E-state index contributed by atoms with van der Waals surface area (Å²) in [5, 5.41) is 0.715. The number of fused-ring (bicyclic) bond motifs is 1. The Labute approximate surface area is 155 Å². The monoisotopic (exact) mass is 361 g/mol. The van der Waals surface area contributed by atoms with Crippen molar-refractivity contribution in [2.24, 2.45) is 0 Å². The Morgan fingerprint density at radius 1 is 1.12 bits per heavy atom. The van der Waals surface area contributed by atoms with Gasteiger partial charge >= 0.3 is 0 Å². The van der Waals surface area contributed by atoms with Crippen LogP contribution >= 0.6 is 11.8 Å². The largest absolute Gasteiger partial charge is 0.355 e. The molecule has 0 saturated heterocycles. The Kier molecular flexibility index (Phi) is 4.39. The molecule has 2 heterocycles.